The van der Waals surface area contributed by atoms with Gasteiger partial charge in [-0.1, -0.05) is 11.6 Å². The summed E-state index contributed by atoms with van der Waals surface area (Å²) in [7, 11) is 0. The van der Waals surface area contributed by atoms with Crippen molar-refractivity contribution in [3.05, 3.63) is 27.7 Å². The van der Waals surface area contributed by atoms with Crippen LogP contribution in [0.5, 0.6) is 0 Å². The van der Waals surface area contributed by atoms with Crippen molar-refractivity contribution in [2.75, 3.05) is 11.4 Å². The van der Waals surface area contributed by atoms with Crippen molar-refractivity contribution in [2.24, 2.45) is 0 Å². The number of hydrogen-bond donors (Lipinski definition) is 0. The Kier molecular flexibility index (Phi) is 3.03. The summed E-state index contributed by atoms with van der Waals surface area (Å²) in [4.78, 5) is 2.42. The minimum atomic E-state index is 0.646. The summed E-state index contributed by atoms with van der Waals surface area (Å²) in [6.45, 7) is 3.42. The molecule has 1 unspecified atom stereocenters. The van der Waals surface area contributed by atoms with Crippen molar-refractivity contribution in [2.45, 2.75) is 25.8 Å². The lowest BCUT2D eigenvalue weighted by Crippen LogP contribution is -2.26. The Morgan fingerprint density at radius 3 is 2.86 bits per heavy atom. The predicted octanol–water partition coefficient (Wildman–Crippen LogP) is 4.09. The molecular weight excluding hydrogens is 261 g/mol. The Hall–Kier alpha value is -0.210. The van der Waals surface area contributed by atoms with Crippen molar-refractivity contribution in [3.63, 3.8) is 0 Å². The Bertz CT molecular complexity index is 340. The Labute approximate surface area is 98.2 Å². The molecule has 1 saturated heterocycles. The second kappa shape index (κ2) is 4.11. The van der Waals surface area contributed by atoms with Crippen LogP contribution in [0.15, 0.2) is 22.7 Å². The van der Waals surface area contributed by atoms with Gasteiger partial charge in [0.2, 0.25) is 0 Å². The average molecular weight is 275 g/mol. The molecule has 0 saturated carbocycles. The number of anilines is 1. The Morgan fingerprint density at radius 1 is 1.50 bits per heavy atom. The Morgan fingerprint density at radius 2 is 2.29 bits per heavy atom. The highest BCUT2D eigenvalue weighted by Crippen LogP contribution is 2.31. The van der Waals surface area contributed by atoms with Gasteiger partial charge in [0.25, 0.3) is 0 Å². The summed E-state index contributed by atoms with van der Waals surface area (Å²) in [5, 5.41) is 0.793. The van der Waals surface area contributed by atoms with E-state index in [0.717, 1.165) is 16.0 Å². The topological polar surface area (TPSA) is 3.24 Å². The summed E-state index contributed by atoms with van der Waals surface area (Å²) in [5.74, 6) is 0. The molecule has 1 heterocycles. The smallest absolute Gasteiger partial charge is 0.0568 e. The maximum atomic E-state index is 6.07. The van der Waals surface area contributed by atoms with E-state index in [2.05, 4.69) is 33.8 Å². The molecular formula is C11H13BrClN. The molecule has 1 aromatic rings. The lowest BCUT2D eigenvalue weighted by molar-refractivity contribution is 0.735. The van der Waals surface area contributed by atoms with Gasteiger partial charge in [-0.2, -0.15) is 0 Å². The fourth-order valence-electron chi connectivity index (χ4n) is 1.98. The molecule has 1 atom stereocenters. The van der Waals surface area contributed by atoms with E-state index >= 15 is 0 Å². The first-order valence-corrected chi connectivity index (χ1v) is 6.07. The van der Waals surface area contributed by atoms with Gasteiger partial charge in [-0.3, -0.25) is 0 Å². The summed E-state index contributed by atoms with van der Waals surface area (Å²) < 4.78 is 0.967. The Balaban J connectivity index is 2.28. The third kappa shape index (κ3) is 1.91. The van der Waals surface area contributed by atoms with Crippen molar-refractivity contribution < 1.29 is 0 Å². The normalized spacial score (nSPS) is 21.6. The summed E-state index contributed by atoms with van der Waals surface area (Å²) in [6, 6.07) is 6.82. The standard InChI is InChI=1S/C11H13BrClN/c1-8-3-2-6-14(8)9-4-5-10(12)11(13)7-9/h4-5,7-8H,2-3,6H2,1H3. The minimum absolute atomic E-state index is 0.646. The zero-order chi connectivity index (χ0) is 10.1. The molecule has 0 N–H and O–H groups in total. The highest BCUT2D eigenvalue weighted by atomic mass is 79.9. The van der Waals surface area contributed by atoms with Crippen LogP contribution in [-0.4, -0.2) is 12.6 Å². The van der Waals surface area contributed by atoms with Crippen LogP contribution in [0.3, 0.4) is 0 Å². The zero-order valence-corrected chi connectivity index (χ0v) is 10.5. The third-order valence-corrected chi connectivity index (χ3v) is 4.02. The number of nitrogens with zero attached hydrogens (tertiary/aromatic N) is 1. The van der Waals surface area contributed by atoms with Crippen molar-refractivity contribution in [1.82, 2.24) is 0 Å². The molecule has 1 nitrogen and oxygen atoms in total. The highest BCUT2D eigenvalue weighted by Gasteiger charge is 2.20. The summed E-state index contributed by atoms with van der Waals surface area (Å²) in [6.07, 6.45) is 2.57. The maximum absolute atomic E-state index is 6.07. The van der Waals surface area contributed by atoms with Crippen LogP contribution in [0.25, 0.3) is 0 Å². The molecule has 14 heavy (non-hydrogen) atoms. The van der Waals surface area contributed by atoms with E-state index in [9.17, 15) is 0 Å². The molecule has 1 aromatic carbocycles. The van der Waals surface area contributed by atoms with Crippen LogP contribution < -0.4 is 4.90 Å². The molecule has 0 aromatic heterocycles. The first kappa shape index (κ1) is 10.3. The van der Waals surface area contributed by atoms with E-state index in [0.29, 0.717) is 6.04 Å². The summed E-state index contributed by atoms with van der Waals surface area (Å²) >= 11 is 9.47. The van der Waals surface area contributed by atoms with Gasteiger partial charge in [-0.05, 0) is 53.9 Å². The molecule has 1 aliphatic rings. The monoisotopic (exact) mass is 273 g/mol. The zero-order valence-electron chi connectivity index (χ0n) is 8.13. The molecule has 2 rings (SSSR count). The van der Waals surface area contributed by atoms with Gasteiger partial charge in [0, 0.05) is 22.7 Å². The summed E-state index contributed by atoms with van der Waals surface area (Å²) in [5.41, 5.74) is 1.24. The number of halogens is 2. The lowest BCUT2D eigenvalue weighted by atomic mass is 10.2. The molecule has 0 bridgehead atoms. The van der Waals surface area contributed by atoms with Crippen molar-refractivity contribution in [3.8, 4) is 0 Å². The van der Waals surface area contributed by atoms with E-state index in [-0.39, 0.29) is 0 Å². The first-order chi connectivity index (χ1) is 6.68. The van der Waals surface area contributed by atoms with Crippen LogP contribution in [0, 0.1) is 0 Å². The quantitative estimate of drug-likeness (QED) is 0.745. The molecule has 1 aliphatic heterocycles. The number of benzene rings is 1. The van der Waals surface area contributed by atoms with E-state index in [1.807, 2.05) is 12.1 Å². The maximum Gasteiger partial charge on any atom is 0.0568 e. The van der Waals surface area contributed by atoms with Gasteiger partial charge in [-0.15, -0.1) is 0 Å². The average Bonchev–Trinajstić information content (AvgIpc) is 2.57. The van der Waals surface area contributed by atoms with Crippen molar-refractivity contribution in [1.29, 1.82) is 0 Å². The van der Waals surface area contributed by atoms with Gasteiger partial charge < -0.3 is 4.90 Å². The lowest BCUT2D eigenvalue weighted by Gasteiger charge is -2.24. The van der Waals surface area contributed by atoms with Gasteiger partial charge >= 0.3 is 0 Å². The fourth-order valence-corrected chi connectivity index (χ4v) is 2.40. The first-order valence-electron chi connectivity index (χ1n) is 4.90. The molecule has 0 spiro atoms. The van der Waals surface area contributed by atoms with Gasteiger partial charge in [0.15, 0.2) is 0 Å². The molecule has 0 amide bonds. The number of hydrogen-bond acceptors (Lipinski definition) is 1. The van der Waals surface area contributed by atoms with E-state index in [1.165, 1.54) is 18.5 Å². The van der Waals surface area contributed by atoms with Crippen LogP contribution in [0.1, 0.15) is 19.8 Å². The van der Waals surface area contributed by atoms with Crippen LogP contribution in [0.4, 0.5) is 5.69 Å². The second-order valence-corrected chi connectivity index (χ2v) is 5.04. The molecule has 1 fully saturated rings. The van der Waals surface area contributed by atoms with Crippen LogP contribution >= 0.6 is 27.5 Å². The van der Waals surface area contributed by atoms with Gasteiger partial charge in [-0.25, -0.2) is 0 Å². The van der Waals surface area contributed by atoms with Crippen LogP contribution in [0.2, 0.25) is 5.02 Å². The van der Waals surface area contributed by atoms with Crippen molar-refractivity contribution >= 4 is 33.2 Å². The molecule has 0 radical (unpaired) electrons. The SMILES string of the molecule is CC1CCCN1c1ccc(Br)c(Cl)c1. The molecule has 0 aliphatic carbocycles. The minimum Gasteiger partial charge on any atom is -0.369 e. The number of rotatable bonds is 1. The molecule has 3 heteroatoms. The predicted molar refractivity (Wildman–Crippen MR) is 65.2 cm³/mol. The third-order valence-electron chi connectivity index (χ3n) is 2.79. The highest BCUT2D eigenvalue weighted by molar-refractivity contribution is 9.10. The van der Waals surface area contributed by atoms with Crippen LogP contribution in [-0.2, 0) is 0 Å². The van der Waals surface area contributed by atoms with E-state index in [1.54, 1.807) is 0 Å². The van der Waals surface area contributed by atoms with Gasteiger partial charge in [0.1, 0.15) is 0 Å². The fraction of sp³-hybridized carbons (Fsp3) is 0.455. The second-order valence-electron chi connectivity index (χ2n) is 3.78. The van der Waals surface area contributed by atoms with E-state index in [4.69, 9.17) is 11.6 Å². The molecule has 76 valence electrons. The largest absolute Gasteiger partial charge is 0.369 e. The van der Waals surface area contributed by atoms with E-state index < -0.39 is 0 Å². The van der Waals surface area contributed by atoms with Gasteiger partial charge in [0.05, 0.1) is 5.02 Å².